The molecular weight excluding hydrogens is 280 g/mol. The highest BCUT2D eigenvalue weighted by Crippen LogP contribution is 2.20. The quantitative estimate of drug-likeness (QED) is 0.795. The van der Waals surface area contributed by atoms with Gasteiger partial charge in [0.15, 0.2) is 0 Å². The first kappa shape index (κ1) is 17.1. The van der Waals surface area contributed by atoms with Crippen molar-refractivity contribution in [3.05, 3.63) is 24.3 Å². The van der Waals surface area contributed by atoms with E-state index in [2.05, 4.69) is 4.90 Å². The number of piperidine rings is 1. The lowest BCUT2D eigenvalue weighted by Crippen LogP contribution is -2.49. The molecule has 1 aliphatic heterocycles. The highest BCUT2D eigenvalue weighted by molar-refractivity contribution is 5.31. The maximum Gasteiger partial charge on any atom is 0.119 e. The van der Waals surface area contributed by atoms with Gasteiger partial charge in [0.25, 0.3) is 0 Å². The van der Waals surface area contributed by atoms with Gasteiger partial charge in [-0.2, -0.15) is 0 Å². The Hall–Kier alpha value is -1.30. The van der Waals surface area contributed by atoms with Gasteiger partial charge >= 0.3 is 0 Å². The summed E-state index contributed by atoms with van der Waals surface area (Å²) in [6.45, 7) is 5.91. The minimum Gasteiger partial charge on any atom is -0.494 e. The average molecular weight is 308 g/mol. The Kier molecular flexibility index (Phi) is 6.96. The molecule has 1 aliphatic rings. The lowest BCUT2D eigenvalue weighted by atomic mass is 9.99. The third-order valence-electron chi connectivity index (χ3n) is 4.18. The van der Waals surface area contributed by atoms with Gasteiger partial charge in [-0.3, -0.25) is 4.90 Å². The summed E-state index contributed by atoms with van der Waals surface area (Å²) in [5.74, 6) is 1.75. The zero-order valence-electron chi connectivity index (χ0n) is 13.7. The van der Waals surface area contributed by atoms with Gasteiger partial charge in [0.2, 0.25) is 0 Å². The monoisotopic (exact) mass is 308 g/mol. The highest BCUT2D eigenvalue weighted by atomic mass is 16.5. The van der Waals surface area contributed by atoms with Crippen LogP contribution in [0, 0.1) is 0 Å². The van der Waals surface area contributed by atoms with Crippen LogP contribution in [0.3, 0.4) is 0 Å². The fourth-order valence-electron chi connectivity index (χ4n) is 2.90. The topological polar surface area (TPSA) is 57.0 Å². The minimum absolute atomic E-state index is 0.344. The molecule has 0 saturated carbocycles. The van der Waals surface area contributed by atoms with Crippen molar-refractivity contribution in [2.45, 2.75) is 31.9 Å². The molecular formula is C17H28N2O3. The van der Waals surface area contributed by atoms with Crippen molar-refractivity contribution in [1.29, 1.82) is 0 Å². The van der Waals surface area contributed by atoms with Crippen molar-refractivity contribution in [2.24, 2.45) is 5.73 Å². The molecule has 0 bridgehead atoms. The van der Waals surface area contributed by atoms with Crippen LogP contribution in [0.4, 0.5) is 0 Å². The third kappa shape index (κ3) is 4.87. The van der Waals surface area contributed by atoms with Crippen LogP contribution in [0.15, 0.2) is 24.3 Å². The van der Waals surface area contributed by atoms with Crippen LogP contribution in [0.2, 0.25) is 0 Å². The summed E-state index contributed by atoms with van der Waals surface area (Å²) in [4.78, 5) is 2.41. The van der Waals surface area contributed by atoms with Gasteiger partial charge in [-0.05, 0) is 44.0 Å². The molecule has 1 saturated heterocycles. The molecule has 2 atom stereocenters. The van der Waals surface area contributed by atoms with Crippen LogP contribution in [-0.2, 0) is 4.74 Å². The second-order valence-corrected chi connectivity index (χ2v) is 5.56. The molecule has 2 rings (SSSR count). The Morgan fingerprint density at radius 1 is 1.18 bits per heavy atom. The summed E-state index contributed by atoms with van der Waals surface area (Å²) in [7, 11) is 1.78. The number of hydrogen-bond donors (Lipinski definition) is 1. The van der Waals surface area contributed by atoms with Crippen LogP contribution in [0.1, 0.15) is 19.8 Å². The maximum atomic E-state index is 5.89. The van der Waals surface area contributed by atoms with Gasteiger partial charge < -0.3 is 19.9 Å². The lowest BCUT2D eigenvalue weighted by molar-refractivity contribution is 0.00923. The number of likely N-dealkylation sites (tertiary alicyclic amines) is 1. The van der Waals surface area contributed by atoms with E-state index in [4.69, 9.17) is 19.9 Å². The Morgan fingerprint density at radius 2 is 1.86 bits per heavy atom. The van der Waals surface area contributed by atoms with Crippen molar-refractivity contribution in [2.75, 3.05) is 40.0 Å². The number of ether oxygens (including phenoxy) is 3. The summed E-state index contributed by atoms with van der Waals surface area (Å²) < 4.78 is 16.7. The van der Waals surface area contributed by atoms with Crippen LogP contribution in [0.5, 0.6) is 11.5 Å². The number of nitrogens with zero attached hydrogens (tertiary/aromatic N) is 1. The number of nitrogens with two attached hydrogens (primary N) is 1. The Bertz CT molecular complexity index is 424. The van der Waals surface area contributed by atoms with E-state index in [0.29, 0.717) is 31.9 Å². The molecule has 0 aliphatic carbocycles. The standard InChI is InChI=1S/C17H28N2O3/c1-3-21-15-4-6-16(7-5-15)22-11-10-19-9-8-17(20-2)12-14(19)13-18/h4-7,14,17H,3,8-13,18H2,1-2H3. The zero-order chi connectivity index (χ0) is 15.8. The van der Waals surface area contributed by atoms with Crippen molar-refractivity contribution < 1.29 is 14.2 Å². The number of rotatable bonds is 8. The van der Waals surface area contributed by atoms with E-state index in [0.717, 1.165) is 37.4 Å². The Morgan fingerprint density at radius 3 is 2.45 bits per heavy atom. The minimum atomic E-state index is 0.344. The van der Waals surface area contributed by atoms with Gasteiger partial charge in [-0.1, -0.05) is 0 Å². The molecule has 0 radical (unpaired) electrons. The van der Waals surface area contributed by atoms with Crippen LogP contribution in [0.25, 0.3) is 0 Å². The van der Waals surface area contributed by atoms with Crippen molar-refractivity contribution in [1.82, 2.24) is 4.90 Å². The van der Waals surface area contributed by atoms with E-state index < -0.39 is 0 Å². The summed E-state index contributed by atoms with van der Waals surface area (Å²) >= 11 is 0. The molecule has 5 heteroatoms. The first-order valence-electron chi connectivity index (χ1n) is 8.09. The van der Waals surface area contributed by atoms with Gasteiger partial charge in [0, 0.05) is 32.8 Å². The van der Waals surface area contributed by atoms with Crippen LogP contribution >= 0.6 is 0 Å². The molecule has 0 amide bonds. The molecule has 1 aromatic rings. The smallest absolute Gasteiger partial charge is 0.119 e. The summed E-state index contributed by atoms with van der Waals surface area (Å²) in [6, 6.07) is 8.16. The normalized spacial score (nSPS) is 22.5. The van der Waals surface area contributed by atoms with Crippen LogP contribution in [-0.4, -0.2) is 57.0 Å². The summed E-state index contributed by atoms with van der Waals surface area (Å²) in [5.41, 5.74) is 5.89. The van der Waals surface area contributed by atoms with E-state index in [1.165, 1.54) is 0 Å². The molecule has 1 fully saturated rings. The van der Waals surface area contributed by atoms with Crippen LogP contribution < -0.4 is 15.2 Å². The van der Waals surface area contributed by atoms with E-state index in [1.807, 2.05) is 31.2 Å². The summed E-state index contributed by atoms with van der Waals surface area (Å²) in [5, 5.41) is 0. The van der Waals surface area contributed by atoms with E-state index in [-0.39, 0.29) is 0 Å². The molecule has 5 nitrogen and oxygen atoms in total. The Balaban J connectivity index is 1.75. The molecule has 1 aromatic carbocycles. The van der Waals surface area contributed by atoms with Gasteiger partial charge in [-0.25, -0.2) is 0 Å². The molecule has 0 spiro atoms. The molecule has 124 valence electrons. The fourth-order valence-corrected chi connectivity index (χ4v) is 2.90. The van der Waals surface area contributed by atoms with Crippen molar-refractivity contribution in [3.63, 3.8) is 0 Å². The predicted octanol–water partition coefficient (Wildman–Crippen LogP) is 1.90. The summed E-state index contributed by atoms with van der Waals surface area (Å²) in [6.07, 6.45) is 2.42. The van der Waals surface area contributed by atoms with Gasteiger partial charge in [-0.15, -0.1) is 0 Å². The van der Waals surface area contributed by atoms with Crippen molar-refractivity contribution >= 4 is 0 Å². The molecule has 2 unspecified atom stereocenters. The third-order valence-corrected chi connectivity index (χ3v) is 4.18. The van der Waals surface area contributed by atoms with E-state index in [1.54, 1.807) is 7.11 Å². The zero-order valence-corrected chi connectivity index (χ0v) is 13.7. The van der Waals surface area contributed by atoms with Gasteiger partial charge in [0.05, 0.1) is 12.7 Å². The second-order valence-electron chi connectivity index (χ2n) is 5.56. The number of benzene rings is 1. The highest BCUT2D eigenvalue weighted by Gasteiger charge is 2.27. The number of methoxy groups -OCH3 is 1. The molecule has 1 heterocycles. The van der Waals surface area contributed by atoms with E-state index in [9.17, 15) is 0 Å². The second kappa shape index (κ2) is 8.98. The SMILES string of the molecule is CCOc1ccc(OCCN2CCC(OC)CC2CN)cc1. The molecule has 2 N–H and O–H groups in total. The Labute approximate surface area is 133 Å². The van der Waals surface area contributed by atoms with E-state index >= 15 is 0 Å². The molecule has 22 heavy (non-hydrogen) atoms. The lowest BCUT2D eigenvalue weighted by Gasteiger charge is -2.38. The first-order chi connectivity index (χ1) is 10.8. The molecule has 0 aromatic heterocycles. The fraction of sp³-hybridized carbons (Fsp3) is 0.647. The first-order valence-corrected chi connectivity index (χ1v) is 8.09. The van der Waals surface area contributed by atoms with Gasteiger partial charge in [0.1, 0.15) is 18.1 Å². The van der Waals surface area contributed by atoms with Crippen molar-refractivity contribution in [3.8, 4) is 11.5 Å². The largest absolute Gasteiger partial charge is 0.494 e. The maximum absolute atomic E-state index is 5.89. The average Bonchev–Trinajstić information content (AvgIpc) is 2.57. The predicted molar refractivity (Wildman–Crippen MR) is 87.6 cm³/mol. The number of hydrogen-bond acceptors (Lipinski definition) is 5.